The monoisotopic (exact) mass is 230 g/mol. The molecule has 0 aliphatic rings. The van der Waals surface area contributed by atoms with E-state index in [1.54, 1.807) is 0 Å². The number of benzene rings is 1. The van der Waals surface area contributed by atoms with Crippen LogP contribution in [0.2, 0.25) is 0 Å². The van der Waals surface area contributed by atoms with Crippen molar-refractivity contribution >= 4 is 5.97 Å². The number of methoxy groups -OCH3 is 1. The number of aliphatic carboxylic acids is 1. The van der Waals surface area contributed by atoms with E-state index in [1.165, 1.54) is 13.2 Å². The first-order valence-electron chi connectivity index (χ1n) is 4.72. The first-order valence-corrected chi connectivity index (χ1v) is 4.72. The Labute approximate surface area is 91.7 Å². The van der Waals surface area contributed by atoms with E-state index in [4.69, 9.17) is 9.84 Å². The quantitative estimate of drug-likeness (QED) is 0.838. The van der Waals surface area contributed by atoms with E-state index in [1.807, 2.05) is 0 Å². The van der Waals surface area contributed by atoms with Crippen LogP contribution >= 0.6 is 0 Å². The van der Waals surface area contributed by atoms with Crippen molar-refractivity contribution in [3.05, 3.63) is 34.9 Å². The lowest BCUT2D eigenvalue weighted by molar-refractivity contribution is -0.136. The molecular weight excluding hydrogens is 218 g/mol. The van der Waals surface area contributed by atoms with E-state index in [0.29, 0.717) is 12.7 Å². The van der Waals surface area contributed by atoms with Crippen LogP contribution in [0.1, 0.15) is 11.1 Å². The molecule has 0 aromatic heterocycles. The summed E-state index contributed by atoms with van der Waals surface area (Å²) in [5.41, 5.74) is 0.250. The minimum Gasteiger partial charge on any atom is -0.481 e. The molecule has 0 fully saturated rings. The van der Waals surface area contributed by atoms with Gasteiger partial charge in [0.1, 0.15) is 11.6 Å². The van der Waals surface area contributed by atoms with Gasteiger partial charge in [-0.3, -0.25) is 4.79 Å². The van der Waals surface area contributed by atoms with E-state index in [2.05, 4.69) is 0 Å². The molecule has 0 bridgehead atoms. The molecular formula is C11H12F2O3. The van der Waals surface area contributed by atoms with Gasteiger partial charge in [0, 0.05) is 13.2 Å². The van der Waals surface area contributed by atoms with Gasteiger partial charge in [0.25, 0.3) is 0 Å². The molecule has 1 aromatic carbocycles. The molecule has 0 spiro atoms. The Kier molecular flexibility index (Phi) is 4.37. The van der Waals surface area contributed by atoms with Crippen molar-refractivity contribution in [1.82, 2.24) is 0 Å². The highest BCUT2D eigenvalue weighted by molar-refractivity contribution is 5.70. The molecule has 0 aliphatic carbocycles. The van der Waals surface area contributed by atoms with Crippen LogP contribution in [0, 0.1) is 11.6 Å². The number of carboxylic acid groups (broad SMARTS) is 1. The van der Waals surface area contributed by atoms with Crippen LogP contribution in [0.15, 0.2) is 12.1 Å². The second-order valence-corrected chi connectivity index (χ2v) is 3.35. The van der Waals surface area contributed by atoms with Crippen LogP contribution in [-0.4, -0.2) is 24.8 Å². The Morgan fingerprint density at radius 1 is 1.31 bits per heavy atom. The van der Waals surface area contributed by atoms with Crippen LogP contribution in [-0.2, 0) is 22.4 Å². The fourth-order valence-corrected chi connectivity index (χ4v) is 1.35. The molecule has 0 amide bonds. The molecule has 0 saturated carbocycles. The van der Waals surface area contributed by atoms with Crippen molar-refractivity contribution in [2.45, 2.75) is 12.8 Å². The molecule has 88 valence electrons. The summed E-state index contributed by atoms with van der Waals surface area (Å²) < 4.78 is 31.2. The lowest BCUT2D eigenvalue weighted by Crippen LogP contribution is -2.06. The number of rotatable bonds is 5. The molecule has 3 nitrogen and oxygen atoms in total. The molecule has 0 unspecified atom stereocenters. The first kappa shape index (κ1) is 12.6. The van der Waals surface area contributed by atoms with Gasteiger partial charge in [0.05, 0.1) is 13.0 Å². The molecule has 1 aromatic rings. The van der Waals surface area contributed by atoms with Gasteiger partial charge >= 0.3 is 5.97 Å². The van der Waals surface area contributed by atoms with Crippen LogP contribution in [0.4, 0.5) is 8.78 Å². The summed E-state index contributed by atoms with van der Waals surface area (Å²) >= 11 is 0. The van der Waals surface area contributed by atoms with E-state index < -0.39 is 24.0 Å². The zero-order valence-corrected chi connectivity index (χ0v) is 8.80. The average Bonchev–Trinajstić information content (AvgIpc) is 2.20. The zero-order chi connectivity index (χ0) is 12.1. The number of carboxylic acids is 1. The summed E-state index contributed by atoms with van der Waals surface area (Å²) in [5.74, 6) is -2.66. The summed E-state index contributed by atoms with van der Waals surface area (Å²) in [4.78, 5) is 10.4. The average molecular weight is 230 g/mol. The predicted octanol–water partition coefficient (Wildman–Crippen LogP) is 1.78. The lowest BCUT2D eigenvalue weighted by atomic mass is 10.0. The number of carbonyl (C=O) groups is 1. The Balaban J connectivity index is 2.96. The Morgan fingerprint density at radius 2 is 1.94 bits per heavy atom. The molecule has 0 saturated heterocycles. The zero-order valence-electron chi connectivity index (χ0n) is 8.80. The molecule has 1 rings (SSSR count). The third kappa shape index (κ3) is 3.27. The summed E-state index contributed by atoms with van der Waals surface area (Å²) in [6.07, 6.45) is -0.165. The van der Waals surface area contributed by atoms with Gasteiger partial charge in [0.2, 0.25) is 0 Å². The fourth-order valence-electron chi connectivity index (χ4n) is 1.35. The second kappa shape index (κ2) is 5.55. The third-order valence-electron chi connectivity index (χ3n) is 2.13. The molecule has 5 heteroatoms. The first-order chi connectivity index (χ1) is 7.54. The van der Waals surface area contributed by atoms with Crippen molar-refractivity contribution in [3.63, 3.8) is 0 Å². The van der Waals surface area contributed by atoms with Gasteiger partial charge in [-0.25, -0.2) is 8.78 Å². The summed E-state index contributed by atoms with van der Waals surface area (Å²) in [6, 6.07) is 1.95. The van der Waals surface area contributed by atoms with Gasteiger partial charge in [-0.2, -0.15) is 0 Å². The topological polar surface area (TPSA) is 46.5 Å². The summed E-state index contributed by atoms with van der Waals surface area (Å²) in [5, 5.41) is 8.54. The van der Waals surface area contributed by atoms with Crippen molar-refractivity contribution < 1.29 is 23.4 Å². The molecule has 16 heavy (non-hydrogen) atoms. The summed E-state index contributed by atoms with van der Waals surface area (Å²) in [6.45, 7) is 0.301. The highest BCUT2D eigenvalue weighted by Crippen LogP contribution is 2.16. The molecule has 0 atom stereocenters. The van der Waals surface area contributed by atoms with Crippen molar-refractivity contribution in [2.75, 3.05) is 13.7 Å². The minimum absolute atomic E-state index is 0.0139. The van der Waals surface area contributed by atoms with Gasteiger partial charge in [-0.15, -0.1) is 0 Å². The van der Waals surface area contributed by atoms with Crippen LogP contribution in [0.25, 0.3) is 0 Å². The number of hydrogen-bond donors (Lipinski definition) is 1. The number of halogens is 2. The van der Waals surface area contributed by atoms with Crippen molar-refractivity contribution in [1.29, 1.82) is 0 Å². The van der Waals surface area contributed by atoms with Gasteiger partial charge in [0.15, 0.2) is 0 Å². The molecule has 0 aliphatic heterocycles. The van der Waals surface area contributed by atoms with E-state index in [-0.39, 0.29) is 17.5 Å². The van der Waals surface area contributed by atoms with Gasteiger partial charge in [-0.1, -0.05) is 0 Å². The fraction of sp³-hybridized carbons (Fsp3) is 0.364. The van der Waals surface area contributed by atoms with Crippen molar-refractivity contribution in [2.24, 2.45) is 0 Å². The number of ether oxygens (including phenoxy) is 1. The largest absolute Gasteiger partial charge is 0.481 e. The Bertz CT molecular complexity index is 391. The maximum absolute atomic E-state index is 13.2. The van der Waals surface area contributed by atoms with Crippen LogP contribution in [0.3, 0.4) is 0 Å². The smallest absolute Gasteiger partial charge is 0.307 e. The second-order valence-electron chi connectivity index (χ2n) is 3.35. The van der Waals surface area contributed by atoms with E-state index >= 15 is 0 Å². The molecule has 0 heterocycles. The Morgan fingerprint density at radius 3 is 2.50 bits per heavy atom. The molecule has 0 radical (unpaired) electrons. The third-order valence-corrected chi connectivity index (χ3v) is 2.13. The number of hydrogen-bond acceptors (Lipinski definition) is 2. The van der Waals surface area contributed by atoms with Gasteiger partial charge < -0.3 is 9.84 Å². The van der Waals surface area contributed by atoms with Crippen LogP contribution in [0.5, 0.6) is 0 Å². The summed E-state index contributed by atoms with van der Waals surface area (Å²) in [7, 11) is 1.47. The minimum atomic E-state index is -1.15. The normalized spacial score (nSPS) is 10.4. The van der Waals surface area contributed by atoms with E-state index in [9.17, 15) is 13.6 Å². The maximum atomic E-state index is 13.2. The van der Waals surface area contributed by atoms with Crippen molar-refractivity contribution in [3.8, 4) is 0 Å². The SMILES string of the molecule is COCCc1cc(CC(=O)O)c(F)cc1F. The van der Waals surface area contributed by atoms with Crippen LogP contribution < -0.4 is 0 Å². The molecule has 1 N–H and O–H groups in total. The maximum Gasteiger partial charge on any atom is 0.307 e. The standard InChI is InChI=1S/C11H12F2O3/c1-16-3-2-7-4-8(5-11(14)15)10(13)6-9(7)12/h4,6H,2-3,5H2,1H3,(H,14,15). The highest BCUT2D eigenvalue weighted by Gasteiger charge is 2.12. The Hall–Kier alpha value is -1.49. The highest BCUT2D eigenvalue weighted by atomic mass is 19.1. The van der Waals surface area contributed by atoms with Gasteiger partial charge in [-0.05, 0) is 23.6 Å². The lowest BCUT2D eigenvalue weighted by Gasteiger charge is -2.06. The van der Waals surface area contributed by atoms with E-state index in [0.717, 1.165) is 0 Å². The predicted molar refractivity (Wildman–Crippen MR) is 53.3 cm³/mol.